The van der Waals surface area contributed by atoms with Gasteiger partial charge < -0.3 is 15.7 Å². The van der Waals surface area contributed by atoms with Crippen LogP contribution in [0.15, 0.2) is 23.6 Å². The number of aliphatic hydroxyl groups is 1. The number of nitrogens with one attached hydrogen (secondary N) is 2. The first-order valence-electron chi connectivity index (χ1n) is 6.29. The molecule has 1 aromatic heterocycles. The largest absolute Gasteiger partial charge is 0.395 e. The van der Waals surface area contributed by atoms with Crippen molar-refractivity contribution < 1.29 is 9.90 Å². The van der Waals surface area contributed by atoms with E-state index in [2.05, 4.69) is 29.5 Å². The highest BCUT2D eigenvalue weighted by atomic mass is 32.1. The number of hydrogen-bond acceptors (Lipinski definition) is 5. The maximum Gasteiger partial charge on any atom is 0.270 e. The third-order valence-electron chi connectivity index (χ3n) is 2.89. The van der Waals surface area contributed by atoms with Gasteiger partial charge in [0.1, 0.15) is 5.69 Å². The van der Waals surface area contributed by atoms with Crippen LogP contribution in [0.2, 0.25) is 0 Å². The molecule has 0 fully saturated rings. The first-order chi connectivity index (χ1) is 9.60. The molecule has 106 valence electrons. The van der Waals surface area contributed by atoms with Crippen molar-refractivity contribution in [2.75, 3.05) is 18.5 Å². The van der Waals surface area contributed by atoms with Gasteiger partial charge in [-0.1, -0.05) is 6.07 Å². The summed E-state index contributed by atoms with van der Waals surface area (Å²) in [5.74, 6) is -0.275. The Labute approximate surface area is 121 Å². The quantitative estimate of drug-likeness (QED) is 0.789. The molecule has 6 heteroatoms. The van der Waals surface area contributed by atoms with Crippen LogP contribution >= 0.6 is 11.3 Å². The van der Waals surface area contributed by atoms with Gasteiger partial charge in [-0.3, -0.25) is 4.79 Å². The lowest BCUT2D eigenvalue weighted by molar-refractivity contribution is 0.0940. The second-order valence-electron chi connectivity index (χ2n) is 4.44. The molecule has 0 atom stereocenters. The van der Waals surface area contributed by atoms with Gasteiger partial charge in [0.25, 0.3) is 5.91 Å². The zero-order valence-corrected chi connectivity index (χ0v) is 12.3. The Bertz CT molecular complexity index is 610. The van der Waals surface area contributed by atoms with Crippen molar-refractivity contribution in [3.05, 3.63) is 40.4 Å². The number of aliphatic hydroxyl groups excluding tert-OH is 1. The fourth-order valence-corrected chi connectivity index (χ4v) is 2.35. The Morgan fingerprint density at radius 3 is 2.85 bits per heavy atom. The van der Waals surface area contributed by atoms with Gasteiger partial charge in [-0.25, -0.2) is 4.98 Å². The van der Waals surface area contributed by atoms with E-state index in [1.54, 1.807) is 5.38 Å². The molecule has 0 radical (unpaired) electrons. The Morgan fingerprint density at radius 2 is 2.15 bits per heavy atom. The summed E-state index contributed by atoms with van der Waals surface area (Å²) in [6.45, 7) is 4.27. The van der Waals surface area contributed by atoms with Crippen molar-refractivity contribution in [1.29, 1.82) is 0 Å². The standard InChI is InChI=1S/C14H17N3O2S/c1-9-3-4-11(7-10(9)2)16-14-17-12(8-20-14)13(19)15-5-6-18/h3-4,7-8,18H,5-6H2,1-2H3,(H,15,19)(H,16,17). The number of aryl methyl sites for hydroxylation is 2. The molecule has 0 bridgehead atoms. The van der Waals surface area contributed by atoms with Crippen LogP contribution < -0.4 is 10.6 Å². The maximum atomic E-state index is 11.7. The summed E-state index contributed by atoms with van der Waals surface area (Å²) >= 11 is 1.37. The van der Waals surface area contributed by atoms with E-state index in [-0.39, 0.29) is 19.1 Å². The van der Waals surface area contributed by atoms with E-state index in [1.807, 2.05) is 18.2 Å². The molecule has 0 aliphatic heterocycles. The highest BCUT2D eigenvalue weighted by Gasteiger charge is 2.10. The molecule has 20 heavy (non-hydrogen) atoms. The van der Waals surface area contributed by atoms with Crippen LogP contribution in [0.5, 0.6) is 0 Å². The normalized spacial score (nSPS) is 10.3. The Morgan fingerprint density at radius 1 is 1.35 bits per heavy atom. The number of nitrogens with zero attached hydrogens (tertiary/aromatic N) is 1. The lowest BCUT2D eigenvalue weighted by Crippen LogP contribution is -2.26. The smallest absolute Gasteiger partial charge is 0.270 e. The third-order valence-corrected chi connectivity index (χ3v) is 3.65. The predicted octanol–water partition coefficient (Wildman–Crippen LogP) is 2.23. The van der Waals surface area contributed by atoms with E-state index < -0.39 is 0 Å². The molecule has 0 saturated heterocycles. The van der Waals surface area contributed by atoms with E-state index in [0.29, 0.717) is 10.8 Å². The molecular formula is C14H17N3O2S. The molecule has 0 aliphatic carbocycles. The Hall–Kier alpha value is -1.92. The molecule has 1 aromatic carbocycles. The van der Waals surface area contributed by atoms with Crippen molar-refractivity contribution in [3.8, 4) is 0 Å². The van der Waals surface area contributed by atoms with Gasteiger partial charge in [-0.2, -0.15) is 0 Å². The monoisotopic (exact) mass is 291 g/mol. The van der Waals surface area contributed by atoms with Gasteiger partial charge >= 0.3 is 0 Å². The molecule has 1 amide bonds. The fraction of sp³-hybridized carbons (Fsp3) is 0.286. The van der Waals surface area contributed by atoms with Crippen molar-refractivity contribution in [2.45, 2.75) is 13.8 Å². The molecule has 1 heterocycles. The van der Waals surface area contributed by atoms with Gasteiger partial charge in [-0.05, 0) is 37.1 Å². The van der Waals surface area contributed by atoms with Gasteiger partial charge in [0.15, 0.2) is 5.13 Å². The molecular weight excluding hydrogens is 274 g/mol. The van der Waals surface area contributed by atoms with E-state index >= 15 is 0 Å². The van der Waals surface area contributed by atoms with Gasteiger partial charge in [0.2, 0.25) is 0 Å². The van der Waals surface area contributed by atoms with Crippen LogP contribution in [0.3, 0.4) is 0 Å². The number of thiazole rings is 1. The number of carbonyl (C=O) groups excluding carboxylic acids is 1. The molecule has 0 saturated carbocycles. The average molecular weight is 291 g/mol. The predicted molar refractivity (Wildman–Crippen MR) is 80.7 cm³/mol. The number of amides is 1. The summed E-state index contributed by atoms with van der Waals surface area (Å²) in [5, 5.41) is 16.8. The summed E-state index contributed by atoms with van der Waals surface area (Å²) in [7, 11) is 0. The molecule has 0 spiro atoms. The first-order valence-corrected chi connectivity index (χ1v) is 7.17. The maximum absolute atomic E-state index is 11.7. The molecule has 2 aromatic rings. The van der Waals surface area contributed by atoms with E-state index in [9.17, 15) is 4.79 Å². The topological polar surface area (TPSA) is 74.2 Å². The van der Waals surface area contributed by atoms with Crippen LogP contribution in [-0.2, 0) is 0 Å². The van der Waals surface area contributed by atoms with Crippen molar-refractivity contribution in [2.24, 2.45) is 0 Å². The summed E-state index contributed by atoms with van der Waals surface area (Å²) in [5.41, 5.74) is 3.74. The van der Waals surface area contributed by atoms with E-state index in [4.69, 9.17) is 5.11 Å². The highest BCUT2D eigenvalue weighted by molar-refractivity contribution is 7.14. The SMILES string of the molecule is Cc1ccc(Nc2nc(C(=O)NCCO)cs2)cc1C. The molecule has 5 nitrogen and oxygen atoms in total. The summed E-state index contributed by atoms with van der Waals surface area (Å²) in [6.07, 6.45) is 0. The van der Waals surface area contributed by atoms with Crippen LogP contribution in [0, 0.1) is 13.8 Å². The molecule has 2 rings (SSSR count). The van der Waals surface area contributed by atoms with Crippen molar-refractivity contribution >= 4 is 28.1 Å². The minimum absolute atomic E-state index is 0.0797. The first kappa shape index (κ1) is 14.5. The lowest BCUT2D eigenvalue weighted by Gasteiger charge is -2.05. The molecule has 0 unspecified atom stereocenters. The Balaban J connectivity index is 2.05. The number of aromatic nitrogens is 1. The number of anilines is 2. The minimum Gasteiger partial charge on any atom is -0.395 e. The average Bonchev–Trinajstić information content (AvgIpc) is 2.89. The summed E-state index contributed by atoms with van der Waals surface area (Å²) < 4.78 is 0. The summed E-state index contributed by atoms with van der Waals surface area (Å²) in [4.78, 5) is 15.9. The molecule has 0 aliphatic rings. The van der Waals surface area contributed by atoms with Gasteiger partial charge in [-0.15, -0.1) is 11.3 Å². The van der Waals surface area contributed by atoms with E-state index in [0.717, 1.165) is 5.69 Å². The Kier molecular flexibility index (Phi) is 4.70. The number of carbonyl (C=O) groups is 1. The van der Waals surface area contributed by atoms with E-state index in [1.165, 1.54) is 22.5 Å². The van der Waals surface area contributed by atoms with Crippen molar-refractivity contribution in [3.63, 3.8) is 0 Å². The second kappa shape index (κ2) is 6.49. The molecule has 3 N–H and O–H groups in total. The third kappa shape index (κ3) is 3.55. The van der Waals surface area contributed by atoms with Crippen LogP contribution in [0.4, 0.5) is 10.8 Å². The summed E-state index contributed by atoms with van der Waals surface area (Å²) in [6, 6.07) is 6.07. The zero-order valence-electron chi connectivity index (χ0n) is 11.4. The van der Waals surface area contributed by atoms with Gasteiger partial charge in [0, 0.05) is 17.6 Å². The minimum atomic E-state index is -0.275. The number of benzene rings is 1. The fourth-order valence-electron chi connectivity index (χ4n) is 1.64. The van der Waals surface area contributed by atoms with Crippen LogP contribution in [0.1, 0.15) is 21.6 Å². The van der Waals surface area contributed by atoms with Crippen LogP contribution in [0.25, 0.3) is 0 Å². The highest BCUT2D eigenvalue weighted by Crippen LogP contribution is 2.22. The lowest BCUT2D eigenvalue weighted by atomic mass is 10.1. The number of rotatable bonds is 5. The van der Waals surface area contributed by atoms with Crippen molar-refractivity contribution in [1.82, 2.24) is 10.3 Å². The second-order valence-corrected chi connectivity index (χ2v) is 5.30. The number of hydrogen-bond donors (Lipinski definition) is 3. The van der Waals surface area contributed by atoms with Crippen LogP contribution in [-0.4, -0.2) is 29.1 Å². The van der Waals surface area contributed by atoms with Gasteiger partial charge in [0.05, 0.1) is 6.61 Å². The zero-order chi connectivity index (χ0) is 14.5.